The van der Waals surface area contributed by atoms with Gasteiger partial charge in [-0.05, 0) is 35.6 Å². The zero-order chi connectivity index (χ0) is 15.5. The van der Waals surface area contributed by atoms with Crippen molar-refractivity contribution in [1.29, 1.82) is 0 Å². The van der Waals surface area contributed by atoms with Crippen molar-refractivity contribution in [3.63, 3.8) is 0 Å². The quantitative estimate of drug-likeness (QED) is 0.912. The van der Waals surface area contributed by atoms with Gasteiger partial charge in [0.15, 0.2) is 0 Å². The number of fused-ring (bicyclic) bond motifs is 3. The third-order valence-corrected chi connectivity index (χ3v) is 4.32. The van der Waals surface area contributed by atoms with Gasteiger partial charge in [-0.25, -0.2) is 4.79 Å². The average Bonchev–Trinajstić information content (AvgIpc) is 2.87. The maximum atomic E-state index is 11.9. The molecule has 0 saturated carbocycles. The topological polar surface area (TPSA) is 38.3 Å². The number of alkyl carbamates (subject to hydrolysis) is 1. The molecule has 0 spiro atoms. The van der Waals surface area contributed by atoms with Crippen LogP contribution in [0.1, 0.15) is 37.3 Å². The van der Waals surface area contributed by atoms with E-state index in [4.69, 9.17) is 4.74 Å². The van der Waals surface area contributed by atoms with E-state index in [1.807, 2.05) is 26.0 Å². The number of nitrogens with one attached hydrogen (secondary N) is 1. The molecule has 0 heterocycles. The third kappa shape index (κ3) is 2.71. The van der Waals surface area contributed by atoms with Crippen molar-refractivity contribution in [1.82, 2.24) is 5.32 Å². The van der Waals surface area contributed by atoms with Crippen molar-refractivity contribution >= 4 is 6.09 Å². The summed E-state index contributed by atoms with van der Waals surface area (Å²) in [5.74, 6) is 0.120. The van der Waals surface area contributed by atoms with E-state index in [0.29, 0.717) is 6.61 Å². The van der Waals surface area contributed by atoms with Crippen LogP contribution in [0.3, 0.4) is 0 Å². The Morgan fingerprint density at radius 2 is 1.64 bits per heavy atom. The van der Waals surface area contributed by atoms with Crippen molar-refractivity contribution in [3.05, 3.63) is 59.7 Å². The molecular weight excluding hydrogens is 274 g/mol. The molecule has 0 bridgehead atoms. The number of hydrogen-bond acceptors (Lipinski definition) is 2. The second kappa shape index (κ2) is 6.22. The van der Waals surface area contributed by atoms with Crippen molar-refractivity contribution in [3.8, 4) is 11.1 Å². The Kier molecular flexibility index (Phi) is 4.14. The standard InChI is InChI=1S/C19H21NO2/c1-3-13(2)20-19(21)22-12-18-16-10-6-4-8-14(16)15-9-5-7-11-17(15)18/h4-11,13,18H,3,12H2,1-2H3,(H,20,21). The van der Waals surface area contributed by atoms with Crippen LogP contribution >= 0.6 is 0 Å². The van der Waals surface area contributed by atoms with Crippen molar-refractivity contribution in [2.24, 2.45) is 0 Å². The Bertz CT molecular complexity index is 635. The van der Waals surface area contributed by atoms with Gasteiger partial charge in [0.25, 0.3) is 0 Å². The van der Waals surface area contributed by atoms with Gasteiger partial charge in [0.1, 0.15) is 6.61 Å². The van der Waals surface area contributed by atoms with E-state index in [1.165, 1.54) is 22.3 Å². The van der Waals surface area contributed by atoms with Gasteiger partial charge in [-0.2, -0.15) is 0 Å². The molecule has 1 aliphatic rings. The largest absolute Gasteiger partial charge is 0.449 e. The van der Waals surface area contributed by atoms with Crippen LogP contribution < -0.4 is 5.32 Å². The fourth-order valence-corrected chi connectivity index (χ4v) is 2.94. The first kappa shape index (κ1) is 14.6. The summed E-state index contributed by atoms with van der Waals surface area (Å²) in [7, 11) is 0. The molecule has 3 rings (SSSR count). The van der Waals surface area contributed by atoms with Crippen LogP contribution in [0, 0.1) is 0 Å². The molecule has 1 aliphatic carbocycles. The Balaban J connectivity index is 1.78. The highest BCUT2D eigenvalue weighted by Gasteiger charge is 2.28. The summed E-state index contributed by atoms with van der Waals surface area (Å²) < 4.78 is 5.46. The van der Waals surface area contributed by atoms with E-state index < -0.39 is 0 Å². The van der Waals surface area contributed by atoms with E-state index in [0.717, 1.165) is 6.42 Å². The monoisotopic (exact) mass is 295 g/mol. The Morgan fingerprint density at radius 1 is 1.09 bits per heavy atom. The lowest BCUT2D eigenvalue weighted by Gasteiger charge is -2.16. The molecule has 1 unspecified atom stereocenters. The maximum absolute atomic E-state index is 11.9. The summed E-state index contributed by atoms with van der Waals surface area (Å²) in [6.45, 7) is 4.38. The van der Waals surface area contributed by atoms with Gasteiger partial charge in [0.2, 0.25) is 0 Å². The SMILES string of the molecule is CCC(C)NC(=O)OCC1c2ccccc2-c2ccccc21. The molecule has 3 heteroatoms. The highest BCUT2D eigenvalue weighted by molar-refractivity contribution is 5.79. The molecule has 1 amide bonds. The molecule has 0 radical (unpaired) electrons. The van der Waals surface area contributed by atoms with Crippen LogP contribution in [0.25, 0.3) is 11.1 Å². The molecule has 1 atom stereocenters. The van der Waals surface area contributed by atoms with Gasteiger partial charge >= 0.3 is 6.09 Å². The minimum atomic E-state index is -0.337. The number of benzene rings is 2. The normalized spacial score (nSPS) is 14.1. The smallest absolute Gasteiger partial charge is 0.407 e. The van der Waals surface area contributed by atoms with Gasteiger partial charge in [0.05, 0.1) is 0 Å². The summed E-state index contributed by atoms with van der Waals surface area (Å²) in [4.78, 5) is 11.9. The first-order valence-electron chi connectivity index (χ1n) is 7.82. The van der Waals surface area contributed by atoms with Crippen LogP contribution in [0.5, 0.6) is 0 Å². The zero-order valence-corrected chi connectivity index (χ0v) is 13.0. The summed E-state index contributed by atoms with van der Waals surface area (Å²) >= 11 is 0. The number of ether oxygens (including phenoxy) is 1. The van der Waals surface area contributed by atoms with Crippen LogP contribution in [0.15, 0.2) is 48.5 Å². The minimum Gasteiger partial charge on any atom is -0.449 e. The van der Waals surface area contributed by atoms with E-state index in [2.05, 4.69) is 41.7 Å². The Hall–Kier alpha value is -2.29. The number of hydrogen-bond donors (Lipinski definition) is 1. The maximum Gasteiger partial charge on any atom is 0.407 e. The second-order valence-electron chi connectivity index (χ2n) is 5.78. The van der Waals surface area contributed by atoms with Crippen LogP contribution in [0.4, 0.5) is 4.79 Å². The van der Waals surface area contributed by atoms with Gasteiger partial charge in [0, 0.05) is 12.0 Å². The molecular formula is C19H21NO2. The van der Waals surface area contributed by atoms with Gasteiger partial charge < -0.3 is 10.1 Å². The van der Waals surface area contributed by atoms with E-state index in [1.54, 1.807) is 0 Å². The molecule has 114 valence electrons. The number of amides is 1. The molecule has 2 aromatic rings. The highest BCUT2D eigenvalue weighted by atomic mass is 16.5. The predicted molar refractivity (Wildman–Crippen MR) is 88.0 cm³/mol. The molecule has 0 aromatic heterocycles. The molecule has 0 aliphatic heterocycles. The molecule has 0 saturated heterocycles. The average molecular weight is 295 g/mol. The lowest BCUT2D eigenvalue weighted by Crippen LogP contribution is -2.33. The molecule has 0 fully saturated rings. The minimum absolute atomic E-state index is 0.120. The first-order valence-corrected chi connectivity index (χ1v) is 7.82. The fourth-order valence-electron chi connectivity index (χ4n) is 2.94. The zero-order valence-electron chi connectivity index (χ0n) is 13.0. The molecule has 2 aromatic carbocycles. The second-order valence-corrected chi connectivity index (χ2v) is 5.78. The van der Waals surface area contributed by atoms with Crippen molar-refractivity contribution in [2.45, 2.75) is 32.2 Å². The van der Waals surface area contributed by atoms with E-state index in [-0.39, 0.29) is 18.1 Å². The summed E-state index contributed by atoms with van der Waals surface area (Å²) in [5, 5.41) is 2.84. The molecule has 3 nitrogen and oxygen atoms in total. The predicted octanol–water partition coefficient (Wildman–Crippen LogP) is 4.32. The lowest BCUT2D eigenvalue weighted by atomic mass is 9.98. The van der Waals surface area contributed by atoms with Crippen molar-refractivity contribution in [2.75, 3.05) is 6.61 Å². The van der Waals surface area contributed by atoms with E-state index in [9.17, 15) is 4.79 Å². The van der Waals surface area contributed by atoms with Crippen molar-refractivity contribution < 1.29 is 9.53 Å². The Labute approximate surface area is 131 Å². The lowest BCUT2D eigenvalue weighted by molar-refractivity contribution is 0.139. The number of carbonyl (C=O) groups excluding carboxylic acids is 1. The Morgan fingerprint density at radius 3 is 2.18 bits per heavy atom. The van der Waals surface area contributed by atoms with Crippen LogP contribution in [-0.2, 0) is 4.74 Å². The number of rotatable bonds is 4. The highest BCUT2D eigenvalue weighted by Crippen LogP contribution is 2.44. The molecule has 22 heavy (non-hydrogen) atoms. The third-order valence-electron chi connectivity index (χ3n) is 4.32. The summed E-state index contributed by atoms with van der Waals surface area (Å²) in [6.07, 6.45) is 0.556. The van der Waals surface area contributed by atoms with Crippen LogP contribution in [0.2, 0.25) is 0 Å². The van der Waals surface area contributed by atoms with Crippen LogP contribution in [-0.4, -0.2) is 18.7 Å². The van der Waals surface area contributed by atoms with Gasteiger partial charge in [-0.15, -0.1) is 0 Å². The van der Waals surface area contributed by atoms with Gasteiger partial charge in [-0.1, -0.05) is 55.5 Å². The fraction of sp³-hybridized carbons (Fsp3) is 0.316. The number of carbonyl (C=O) groups is 1. The summed E-state index contributed by atoms with van der Waals surface area (Å²) in [5.41, 5.74) is 4.96. The first-order chi connectivity index (χ1) is 10.7. The molecule has 1 N–H and O–H groups in total. The van der Waals surface area contributed by atoms with Gasteiger partial charge in [-0.3, -0.25) is 0 Å². The summed E-state index contributed by atoms with van der Waals surface area (Å²) in [6, 6.07) is 16.8. The van der Waals surface area contributed by atoms with E-state index >= 15 is 0 Å².